The molecule has 1 aromatic rings. The van der Waals surface area contributed by atoms with Crippen molar-refractivity contribution in [3.8, 4) is 0 Å². The first-order valence-electron chi connectivity index (χ1n) is 14.5. The molecule has 0 heterocycles. The van der Waals surface area contributed by atoms with Crippen LogP contribution in [0.25, 0.3) is 0 Å². The van der Waals surface area contributed by atoms with Crippen molar-refractivity contribution in [3.63, 3.8) is 0 Å². The van der Waals surface area contributed by atoms with Gasteiger partial charge in [-0.05, 0) is 62.3 Å². The van der Waals surface area contributed by atoms with Crippen molar-refractivity contribution < 1.29 is 43.4 Å². The Morgan fingerprint density at radius 1 is 0.975 bits per heavy atom. The summed E-state index contributed by atoms with van der Waals surface area (Å²) in [5, 5.41) is 19.8. The lowest BCUT2D eigenvalue weighted by Gasteiger charge is -2.27. The number of carbonyl (C=O) groups is 1. The third-order valence-electron chi connectivity index (χ3n) is 7.37. The van der Waals surface area contributed by atoms with Gasteiger partial charge in [-0.15, -0.1) is 0 Å². The smallest absolute Gasteiger partial charge is 0.303 e. The predicted octanol–water partition coefficient (Wildman–Crippen LogP) is 4.61. The minimum atomic E-state index is -0.777. The van der Waals surface area contributed by atoms with E-state index in [1.165, 1.54) is 5.56 Å². The Kier molecular flexibility index (Phi) is 18.8. The molecule has 1 aliphatic rings. The highest BCUT2D eigenvalue weighted by atomic mass is 16.7. The number of rotatable bonds is 24. The fraction of sp³-hybridized carbons (Fsp3) is 0.710. The summed E-state index contributed by atoms with van der Waals surface area (Å²) < 4.78 is 33.5. The lowest BCUT2D eigenvalue weighted by Crippen LogP contribution is -2.27. The zero-order chi connectivity index (χ0) is 28.8. The van der Waals surface area contributed by atoms with Crippen LogP contribution in [0.4, 0.5) is 0 Å². The molecule has 1 aromatic carbocycles. The largest absolute Gasteiger partial charge is 0.481 e. The number of benzene rings is 1. The molecular weight excluding hydrogens is 516 g/mol. The molecule has 0 spiro atoms. The van der Waals surface area contributed by atoms with E-state index in [1.807, 2.05) is 12.1 Å². The van der Waals surface area contributed by atoms with Crippen LogP contribution in [0.2, 0.25) is 0 Å². The molecule has 40 heavy (non-hydrogen) atoms. The maximum atomic E-state index is 11.0. The van der Waals surface area contributed by atoms with Gasteiger partial charge in [0.15, 0.2) is 0 Å². The van der Waals surface area contributed by atoms with Crippen LogP contribution in [0.5, 0.6) is 0 Å². The second-order valence-corrected chi connectivity index (χ2v) is 10.3. The minimum Gasteiger partial charge on any atom is -0.481 e. The van der Waals surface area contributed by atoms with Gasteiger partial charge in [-0.3, -0.25) is 4.79 Å². The number of ether oxygens (including phenoxy) is 6. The van der Waals surface area contributed by atoms with E-state index in [0.29, 0.717) is 45.7 Å². The van der Waals surface area contributed by atoms with Gasteiger partial charge in [0.25, 0.3) is 0 Å². The molecular formula is C31H50O9. The van der Waals surface area contributed by atoms with E-state index >= 15 is 0 Å². The number of unbranched alkanes of at least 4 members (excludes halogenated alkanes) is 1. The van der Waals surface area contributed by atoms with Crippen molar-refractivity contribution in [2.45, 2.75) is 76.1 Å². The van der Waals surface area contributed by atoms with E-state index in [1.54, 1.807) is 14.2 Å². The van der Waals surface area contributed by atoms with Crippen LogP contribution in [0, 0.1) is 11.8 Å². The molecule has 0 radical (unpaired) electrons. The van der Waals surface area contributed by atoms with Crippen LogP contribution in [0.3, 0.4) is 0 Å². The van der Waals surface area contributed by atoms with Crippen LogP contribution in [0.1, 0.15) is 56.9 Å². The van der Waals surface area contributed by atoms with Gasteiger partial charge >= 0.3 is 5.97 Å². The topological polar surface area (TPSA) is 113 Å². The monoisotopic (exact) mass is 566 g/mol. The fourth-order valence-corrected chi connectivity index (χ4v) is 5.16. The first-order chi connectivity index (χ1) is 19.5. The number of carboxylic acid groups (broad SMARTS) is 1. The van der Waals surface area contributed by atoms with Gasteiger partial charge in [0.1, 0.15) is 13.6 Å². The average Bonchev–Trinajstić information content (AvgIpc) is 3.25. The van der Waals surface area contributed by atoms with Crippen molar-refractivity contribution in [2.24, 2.45) is 11.8 Å². The molecule has 9 nitrogen and oxygen atoms in total. The Morgan fingerprint density at radius 3 is 2.40 bits per heavy atom. The first kappa shape index (κ1) is 34.4. The number of hydrogen-bond acceptors (Lipinski definition) is 8. The normalized spacial score (nSPS) is 21.8. The number of aryl methyl sites for hydroxylation is 1. The van der Waals surface area contributed by atoms with E-state index in [2.05, 4.69) is 30.3 Å². The summed E-state index contributed by atoms with van der Waals surface area (Å²) in [6, 6.07) is 10.4. The number of aliphatic hydroxyl groups excluding tert-OH is 1. The molecule has 0 amide bonds. The van der Waals surface area contributed by atoms with E-state index in [4.69, 9.17) is 33.5 Å². The number of hydrogen-bond donors (Lipinski definition) is 2. The standard InChI is InChI=1S/C31H50O9/c1-35-18-20-37-23-39-26(15-14-25-10-6-5-7-11-25)16-17-28-27(12-8-3-4-9-13-31(33)34)29(32)22-30(28)40-24-38-21-19-36-2/h3,5-8,10-11,26-30,32H,4,9,12-24H2,1-2H3,(H,33,34)/b8-3-/t26-,27+,28+,29-,30+/m0/s1. The summed E-state index contributed by atoms with van der Waals surface area (Å²) in [4.78, 5) is 10.8. The molecule has 2 N–H and O–H groups in total. The van der Waals surface area contributed by atoms with Gasteiger partial charge in [-0.25, -0.2) is 0 Å². The fourth-order valence-electron chi connectivity index (χ4n) is 5.16. The van der Waals surface area contributed by atoms with Crippen LogP contribution in [-0.4, -0.2) is 88.7 Å². The molecule has 9 heteroatoms. The van der Waals surface area contributed by atoms with Gasteiger partial charge in [-0.1, -0.05) is 42.5 Å². The van der Waals surface area contributed by atoms with Crippen LogP contribution < -0.4 is 0 Å². The Hall–Kier alpha value is -1.85. The molecule has 228 valence electrons. The molecule has 1 aliphatic carbocycles. The Labute approximate surface area is 239 Å². The molecule has 0 bridgehead atoms. The molecule has 2 rings (SSSR count). The highest BCUT2D eigenvalue weighted by Crippen LogP contribution is 2.40. The summed E-state index contributed by atoms with van der Waals surface area (Å²) >= 11 is 0. The molecule has 5 atom stereocenters. The lowest BCUT2D eigenvalue weighted by molar-refractivity contribution is -0.137. The quantitative estimate of drug-likeness (QED) is 0.105. The van der Waals surface area contributed by atoms with Gasteiger partial charge in [-0.2, -0.15) is 0 Å². The van der Waals surface area contributed by atoms with Crippen LogP contribution in [0.15, 0.2) is 42.5 Å². The van der Waals surface area contributed by atoms with E-state index in [0.717, 1.165) is 32.1 Å². The zero-order valence-electron chi connectivity index (χ0n) is 24.3. The van der Waals surface area contributed by atoms with Crippen molar-refractivity contribution in [3.05, 3.63) is 48.0 Å². The summed E-state index contributed by atoms with van der Waals surface area (Å²) in [5.41, 5.74) is 1.27. The van der Waals surface area contributed by atoms with Crippen molar-refractivity contribution in [2.75, 3.05) is 54.2 Å². The third kappa shape index (κ3) is 14.7. The highest BCUT2D eigenvalue weighted by molar-refractivity contribution is 5.66. The number of aliphatic hydroxyl groups is 1. The molecule has 1 saturated carbocycles. The summed E-state index contributed by atoms with van der Waals surface area (Å²) in [6.45, 7) is 2.34. The number of methoxy groups -OCH3 is 2. The number of aliphatic carboxylic acids is 1. The Morgan fingerprint density at radius 2 is 1.70 bits per heavy atom. The molecule has 0 aliphatic heterocycles. The number of allylic oxidation sites excluding steroid dienone is 2. The summed E-state index contributed by atoms with van der Waals surface area (Å²) in [6.07, 6.45) is 9.73. The molecule has 0 saturated heterocycles. The van der Waals surface area contributed by atoms with Gasteiger partial charge in [0.05, 0.1) is 44.7 Å². The lowest BCUT2D eigenvalue weighted by atomic mass is 9.85. The van der Waals surface area contributed by atoms with E-state index in [9.17, 15) is 9.90 Å². The number of carboxylic acids is 1. The van der Waals surface area contributed by atoms with Gasteiger partial charge in [0.2, 0.25) is 0 Å². The molecule has 0 unspecified atom stereocenters. The first-order valence-corrected chi connectivity index (χ1v) is 14.5. The van der Waals surface area contributed by atoms with Crippen molar-refractivity contribution in [1.82, 2.24) is 0 Å². The van der Waals surface area contributed by atoms with Gasteiger partial charge in [0, 0.05) is 27.1 Å². The van der Waals surface area contributed by atoms with Gasteiger partial charge < -0.3 is 38.6 Å². The van der Waals surface area contributed by atoms with Crippen molar-refractivity contribution >= 4 is 5.97 Å². The Bertz CT molecular complexity index is 788. The van der Waals surface area contributed by atoms with Crippen LogP contribution >= 0.6 is 0 Å². The Balaban J connectivity index is 1.99. The van der Waals surface area contributed by atoms with Crippen molar-refractivity contribution in [1.29, 1.82) is 0 Å². The van der Waals surface area contributed by atoms with E-state index in [-0.39, 0.29) is 44.1 Å². The molecule has 0 aromatic heterocycles. The summed E-state index contributed by atoms with van der Waals surface area (Å²) in [5.74, 6) is -0.588. The van der Waals surface area contributed by atoms with E-state index < -0.39 is 12.1 Å². The highest BCUT2D eigenvalue weighted by Gasteiger charge is 2.42. The zero-order valence-corrected chi connectivity index (χ0v) is 24.3. The predicted molar refractivity (Wildman–Crippen MR) is 152 cm³/mol. The third-order valence-corrected chi connectivity index (χ3v) is 7.37. The van der Waals surface area contributed by atoms with Crippen LogP contribution in [-0.2, 0) is 39.6 Å². The summed E-state index contributed by atoms with van der Waals surface area (Å²) in [7, 11) is 3.28. The minimum absolute atomic E-state index is 0.00584. The second-order valence-electron chi connectivity index (χ2n) is 10.3. The molecule has 1 fully saturated rings. The maximum absolute atomic E-state index is 11.0. The average molecular weight is 567 g/mol. The maximum Gasteiger partial charge on any atom is 0.303 e. The SMILES string of the molecule is COCCOCO[C@@H](CCc1ccccc1)CC[C@@H]1[C@@H](C/C=C\CCCC(=O)O)[C@@H](O)C[C@H]1OCOCCOC. The second kappa shape index (κ2) is 21.8.